The van der Waals surface area contributed by atoms with E-state index in [1.807, 2.05) is 20.2 Å². The Morgan fingerprint density at radius 2 is 2.18 bits per heavy atom. The van der Waals surface area contributed by atoms with Gasteiger partial charge in [0, 0.05) is 19.7 Å². The number of carboxylic acid groups (broad SMARTS) is 1. The number of aliphatic hydroxyl groups is 1. The molecule has 22 heavy (non-hydrogen) atoms. The molecule has 1 heterocycles. The van der Waals surface area contributed by atoms with Crippen molar-refractivity contribution in [2.24, 2.45) is 0 Å². The molecule has 0 bridgehead atoms. The number of carbonyl (C=O) groups is 1. The monoisotopic (exact) mass is 318 g/mol. The maximum absolute atomic E-state index is 11.5. The number of aliphatic hydroxyl groups excluding tert-OH is 1. The first-order valence-corrected chi connectivity index (χ1v) is 8.01. The summed E-state index contributed by atoms with van der Waals surface area (Å²) in [6.07, 6.45) is 2.16. The van der Waals surface area contributed by atoms with Crippen molar-refractivity contribution in [3.63, 3.8) is 0 Å². The lowest BCUT2D eigenvalue weighted by Gasteiger charge is -2.15. The third-order valence-corrected chi connectivity index (χ3v) is 5.13. The Morgan fingerprint density at radius 1 is 1.41 bits per heavy atom. The minimum absolute atomic E-state index is 0.260. The van der Waals surface area contributed by atoms with Crippen LogP contribution in [0.5, 0.6) is 0 Å². The van der Waals surface area contributed by atoms with Gasteiger partial charge in [-0.25, -0.2) is 9.78 Å². The second-order valence-electron chi connectivity index (χ2n) is 5.67. The summed E-state index contributed by atoms with van der Waals surface area (Å²) in [7, 11) is 3.64. The van der Waals surface area contributed by atoms with E-state index >= 15 is 0 Å². The van der Waals surface area contributed by atoms with Crippen LogP contribution in [0.3, 0.4) is 0 Å². The standard InChI is InChI=1S/C16H18N2O3S/c1-18(2)12-7-6-9(8-10(12)16(20)21)15-17-11-4-3-5-13(19)14(11)22-15/h6-8,13,19H,3-5H2,1-2H3,(H,20,21). The van der Waals surface area contributed by atoms with Crippen LogP contribution in [-0.2, 0) is 6.42 Å². The molecule has 2 aromatic rings. The lowest BCUT2D eigenvalue weighted by molar-refractivity contribution is 0.0697. The van der Waals surface area contributed by atoms with Gasteiger partial charge in [-0.05, 0) is 37.5 Å². The molecule has 0 saturated heterocycles. The van der Waals surface area contributed by atoms with Crippen molar-refractivity contribution >= 4 is 23.0 Å². The fraction of sp³-hybridized carbons (Fsp3) is 0.375. The van der Waals surface area contributed by atoms with Gasteiger partial charge in [-0.3, -0.25) is 0 Å². The third kappa shape index (κ3) is 2.60. The van der Waals surface area contributed by atoms with Gasteiger partial charge in [0.05, 0.1) is 27.9 Å². The number of aromatic carboxylic acids is 1. The van der Waals surface area contributed by atoms with Crippen LogP contribution in [0, 0.1) is 0 Å². The van der Waals surface area contributed by atoms with Gasteiger partial charge < -0.3 is 15.1 Å². The smallest absolute Gasteiger partial charge is 0.337 e. The molecule has 1 aliphatic rings. The second kappa shape index (κ2) is 5.70. The first-order valence-electron chi connectivity index (χ1n) is 7.20. The Kier molecular flexibility index (Phi) is 3.88. The molecule has 1 atom stereocenters. The number of thiazole rings is 1. The van der Waals surface area contributed by atoms with Crippen molar-refractivity contribution in [3.8, 4) is 10.6 Å². The third-order valence-electron chi connectivity index (χ3n) is 3.88. The highest BCUT2D eigenvalue weighted by Crippen LogP contribution is 2.38. The fourth-order valence-electron chi connectivity index (χ4n) is 2.75. The molecule has 0 saturated carbocycles. The van der Waals surface area contributed by atoms with E-state index in [1.165, 1.54) is 11.3 Å². The molecule has 1 aromatic heterocycles. The Hall–Kier alpha value is -1.92. The molecular formula is C16H18N2O3S. The van der Waals surface area contributed by atoms with Crippen LogP contribution in [0.1, 0.15) is 39.9 Å². The number of fused-ring (bicyclic) bond motifs is 1. The van der Waals surface area contributed by atoms with Crippen molar-refractivity contribution in [1.29, 1.82) is 0 Å². The number of carboxylic acids is 1. The van der Waals surface area contributed by atoms with Crippen LogP contribution in [0.4, 0.5) is 5.69 Å². The van der Waals surface area contributed by atoms with Gasteiger partial charge >= 0.3 is 5.97 Å². The van der Waals surface area contributed by atoms with Crippen molar-refractivity contribution in [2.75, 3.05) is 19.0 Å². The van der Waals surface area contributed by atoms with Crippen LogP contribution in [0.15, 0.2) is 18.2 Å². The van der Waals surface area contributed by atoms with Crippen molar-refractivity contribution in [1.82, 2.24) is 4.98 Å². The van der Waals surface area contributed by atoms with E-state index in [1.54, 1.807) is 17.0 Å². The van der Waals surface area contributed by atoms with Crippen LogP contribution < -0.4 is 4.90 Å². The molecule has 6 heteroatoms. The van der Waals surface area contributed by atoms with Crippen LogP contribution >= 0.6 is 11.3 Å². The molecule has 0 spiro atoms. The van der Waals surface area contributed by atoms with Gasteiger partial charge in [0.15, 0.2) is 0 Å². The van der Waals surface area contributed by atoms with Crippen LogP contribution in [0.25, 0.3) is 10.6 Å². The van der Waals surface area contributed by atoms with Crippen molar-refractivity contribution < 1.29 is 15.0 Å². The molecule has 1 aromatic carbocycles. The lowest BCUT2D eigenvalue weighted by atomic mass is 10.0. The largest absolute Gasteiger partial charge is 0.478 e. The zero-order chi connectivity index (χ0) is 15.9. The molecule has 3 rings (SSSR count). The summed E-state index contributed by atoms with van der Waals surface area (Å²) < 4.78 is 0. The molecule has 5 nitrogen and oxygen atoms in total. The van der Waals surface area contributed by atoms with E-state index in [4.69, 9.17) is 0 Å². The SMILES string of the molecule is CN(C)c1ccc(-c2nc3c(s2)C(O)CCC3)cc1C(=O)O. The summed E-state index contributed by atoms with van der Waals surface area (Å²) in [4.78, 5) is 18.8. The van der Waals surface area contributed by atoms with Crippen molar-refractivity contribution in [3.05, 3.63) is 34.3 Å². The number of aryl methyl sites for hydroxylation is 1. The van der Waals surface area contributed by atoms with Gasteiger partial charge in [0.2, 0.25) is 0 Å². The van der Waals surface area contributed by atoms with E-state index in [2.05, 4.69) is 4.98 Å². The first-order chi connectivity index (χ1) is 10.5. The summed E-state index contributed by atoms with van der Waals surface area (Å²) in [5, 5.41) is 20.2. The predicted octanol–water partition coefficient (Wildman–Crippen LogP) is 2.94. The normalized spacial score (nSPS) is 17.1. The Morgan fingerprint density at radius 3 is 2.82 bits per heavy atom. The van der Waals surface area contributed by atoms with Crippen LogP contribution in [0.2, 0.25) is 0 Å². The molecule has 0 amide bonds. The van der Waals surface area contributed by atoms with Gasteiger partial charge in [0.1, 0.15) is 5.01 Å². The van der Waals surface area contributed by atoms with Crippen molar-refractivity contribution in [2.45, 2.75) is 25.4 Å². The minimum atomic E-state index is -0.952. The summed E-state index contributed by atoms with van der Waals surface area (Å²) in [5.74, 6) is -0.952. The number of rotatable bonds is 3. The number of hydrogen-bond acceptors (Lipinski definition) is 5. The average Bonchev–Trinajstić information content (AvgIpc) is 2.92. The van der Waals surface area contributed by atoms with E-state index < -0.39 is 12.1 Å². The highest BCUT2D eigenvalue weighted by molar-refractivity contribution is 7.15. The predicted molar refractivity (Wildman–Crippen MR) is 86.7 cm³/mol. The van der Waals surface area contributed by atoms with E-state index in [9.17, 15) is 15.0 Å². The Labute approximate surface area is 132 Å². The molecule has 0 aliphatic heterocycles. The molecule has 0 fully saturated rings. The van der Waals surface area contributed by atoms with Gasteiger partial charge in [-0.1, -0.05) is 0 Å². The van der Waals surface area contributed by atoms with E-state index in [0.717, 1.165) is 40.4 Å². The molecule has 2 N–H and O–H groups in total. The zero-order valence-electron chi connectivity index (χ0n) is 12.5. The number of aromatic nitrogens is 1. The minimum Gasteiger partial charge on any atom is -0.478 e. The summed E-state index contributed by atoms with van der Waals surface area (Å²) in [6.45, 7) is 0. The highest BCUT2D eigenvalue weighted by Gasteiger charge is 2.23. The number of nitrogens with zero attached hydrogens (tertiary/aromatic N) is 2. The fourth-order valence-corrected chi connectivity index (χ4v) is 3.88. The summed E-state index contributed by atoms with van der Waals surface area (Å²) >= 11 is 1.46. The molecule has 0 radical (unpaired) electrons. The number of hydrogen-bond donors (Lipinski definition) is 2. The zero-order valence-corrected chi connectivity index (χ0v) is 13.4. The number of benzene rings is 1. The molecular weight excluding hydrogens is 300 g/mol. The average molecular weight is 318 g/mol. The van der Waals surface area contributed by atoms with Gasteiger partial charge in [-0.15, -0.1) is 11.3 Å². The Bertz CT molecular complexity index is 724. The molecule has 116 valence electrons. The first kappa shape index (κ1) is 15.0. The number of anilines is 1. The molecule has 1 aliphatic carbocycles. The highest BCUT2D eigenvalue weighted by atomic mass is 32.1. The maximum Gasteiger partial charge on any atom is 0.337 e. The Balaban J connectivity index is 2.06. The van der Waals surface area contributed by atoms with Gasteiger partial charge in [-0.2, -0.15) is 0 Å². The van der Waals surface area contributed by atoms with E-state index in [0.29, 0.717) is 5.69 Å². The summed E-state index contributed by atoms with van der Waals surface area (Å²) in [5.41, 5.74) is 2.66. The van der Waals surface area contributed by atoms with Crippen LogP contribution in [-0.4, -0.2) is 35.3 Å². The summed E-state index contributed by atoms with van der Waals surface area (Å²) in [6, 6.07) is 5.35. The topological polar surface area (TPSA) is 73.7 Å². The van der Waals surface area contributed by atoms with Gasteiger partial charge in [0.25, 0.3) is 0 Å². The second-order valence-corrected chi connectivity index (χ2v) is 6.70. The quantitative estimate of drug-likeness (QED) is 0.910. The maximum atomic E-state index is 11.5. The van der Waals surface area contributed by atoms with E-state index in [-0.39, 0.29) is 5.56 Å². The molecule has 1 unspecified atom stereocenters. The lowest BCUT2D eigenvalue weighted by Crippen LogP contribution is -2.13.